The highest BCUT2D eigenvalue weighted by molar-refractivity contribution is 6.90. The second kappa shape index (κ2) is 12.5. The van der Waals surface area contributed by atoms with E-state index < -0.39 is 31.5 Å². The van der Waals surface area contributed by atoms with Gasteiger partial charge in [0.25, 0.3) is 0 Å². The summed E-state index contributed by atoms with van der Waals surface area (Å²) in [6.07, 6.45) is 3.03. The molecule has 0 aliphatic carbocycles. The van der Waals surface area contributed by atoms with Crippen molar-refractivity contribution in [2.45, 2.75) is 77.6 Å². The third-order valence-corrected chi connectivity index (χ3v) is 10.1. The molecule has 6 nitrogen and oxygen atoms in total. The fraction of sp³-hybridized carbons (Fsp3) is 0.609. The van der Waals surface area contributed by atoms with Crippen LogP contribution in [0.4, 0.5) is 0 Å². The minimum atomic E-state index is -1.81. The van der Waals surface area contributed by atoms with Gasteiger partial charge in [0.05, 0.1) is 21.3 Å². The minimum Gasteiger partial charge on any atom is -0.464 e. The predicted molar refractivity (Wildman–Crippen MR) is 121 cm³/mol. The molecule has 1 aromatic carbocycles. The lowest BCUT2D eigenvalue weighted by molar-refractivity contribution is -0.168. The number of benzene rings is 1. The largest absolute Gasteiger partial charge is 0.464 e. The molecule has 0 bridgehead atoms. The third-order valence-electron chi connectivity index (χ3n) is 5.47. The maximum Gasteiger partial charge on any atom is 0.343 e. The Hall–Kier alpha value is -2.15. The first kappa shape index (κ1) is 25.9. The molecule has 1 amide bonds. The second-order valence-corrected chi connectivity index (χ2v) is 12.6. The standard InChI is InChI=1S/C23H37NO5Si/c1-6-9-17-30(5,20-14-11-10-12-15-20)18-13-16-23(24-19(4)25,21(26)28-7-2)22(27)29-8-3/h10-12,14-15H,6-9,13,16-18H2,1-5H3,(H,24,25). The molecule has 0 heterocycles. The summed E-state index contributed by atoms with van der Waals surface area (Å²) in [5, 5.41) is 3.93. The molecule has 0 fully saturated rings. The van der Waals surface area contributed by atoms with E-state index in [-0.39, 0.29) is 19.6 Å². The first-order valence-electron chi connectivity index (χ1n) is 10.9. The van der Waals surface area contributed by atoms with Crippen LogP contribution in [0.15, 0.2) is 30.3 Å². The summed E-state index contributed by atoms with van der Waals surface area (Å²) in [4.78, 5) is 37.5. The number of esters is 2. The van der Waals surface area contributed by atoms with Crippen LogP contribution in [0, 0.1) is 0 Å². The number of amides is 1. The highest BCUT2D eigenvalue weighted by Crippen LogP contribution is 2.26. The van der Waals surface area contributed by atoms with Gasteiger partial charge in [-0.3, -0.25) is 4.79 Å². The Bertz CT molecular complexity index is 676. The lowest BCUT2D eigenvalue weighted by Crippen LogP contribution is -2.61. The highest BCUT2D eigenvalue weighted by atomic mass is 28.3. The van der Waals surface area contributed by atoms with Gasteiger partial charge in [0.1, 0.15) is 0 Å². The average molecular weight is 436 g/mol. The summed E-state index contributed by atoms with van der Waals surface area (Å²) in [6, 6.07) is 12.5. The zero-order valence-corrected chi connectivity index (χ0v) is 20.1. The van der Waals surface area contributed by atoms with Gasteiger partial charge in [-0.25, -0.2) is 9.59 Å². The van der Waals surface area contributed by atoms with Crippen molar-refractivity contribution in [2.75, 3.05) is 13.2 Å². The van der Waals surface area contributed by atoms with Crippen LogP contribution in [-0.4, -0.2) is 44.7 Å². The van der Waals surface area contributed by atoms with Crippen LogP contribution < -0.4 is 10.5 Å². The zero-order valence-electron chi connectivity index (χ0n) is 19.1. The van der Waals surface area contributed by atoms with Gasteiger partial charge in [-0.05, 0) is 20.3 Å². The van der Waals surface area contributed by atoms with E-state index in [0.717, 1.165) is 24.9 Å². The number of rotatable bonds is 13. The van der Waals surface area contributed by atoms with Crippen LogP contribution >= 0.6 is 0 Å². The van der Waals surface area contributed by atoms with E-state index in [9.17, 15) is 14.4 Å². The van der Waals surface area contributed by atoms with Crippen molar-refractivity contribution in [3.05, 3.63) is 30.3 Å². The van der Waals surface area contributed by atoms with Crippen molar-refractivity contribution in [1.29, 1.82) is 0 Å². The lowest BCUT2D eigenvalue weighted by atomic mass is 9.93. The highest BCUT2D eigenvalue weighted by Gasteiger charge is 2.49. The van der Waals surface area contributed by atoms with Crippen LogP contribution in [-0.2, 0) is 23.9 Å². The molecule has 30 heavy (non-hydrogen) atoms. The SMILES string of the molecule is CCCC[Si](C)(CCCC(NC(C)=O)(C(=O)OCC)C(=O)OCC)c1ccccc1. The van der Waals surface area contributed by atoms with E-state index in [0.29, 0.717) is 6.42 Å². The first-order chi connectivity index (χ1) is 14.3. The van der Waals surface area contributed by atoms with Crippen LogP contribution in [0.1, 0.15) is 53.4 Å². The molecule has 0 aliphatic rings. The van der Waals surface area contributed by atoms with Gasteiger partial charge in [-0.1, -0.05) is 80.3 Å². The Morgan fingerprint density at radius 2 is 1.47 bits per heavy atom. The lowest BCUT2D eigenvalue weighted by Gasteiger charge is -2.32. The number of unbranched alkanes of at least 4 members (excludes halogenated alkanes) is 1. The molecule has 7 heteroatoms. The topological polar surface area (TPSA) is 81.7 Å². The molecule has 168 valence electrons. The van der Waals surface area contributed by atoms with Gasteiger partial charge in [0, 0.05) is 6.92 Å². The van der Waals surface area contributed by atoms with Gasteiger partial charge in [-0.15, -0.1) is 0 Å². The molecule has 0 aliphatic heterocycles. The summed E-state index contributed by atoms with van der Waals surface area (Å²) in [5.41, 5.74) is -1.80. The fourth-order valence-corrected chi connectivity index (χ4v) is 7.74. The fourth-order valence-electron chi connectivity index (χ4n) is 3.83. The monoisotopic (exact) mass is 435 g/mol. The minimum absolute atomic E-state index is 0.118. The number of ether oxygens (including phenoxy) is 2. The molecule has 0 saturated carbocycles. The van der Waals surface area contributed by atoms with Crippen molar-refractivity contribution in [3.63, 3.8) is 0 Å². The molecule has 1 rings (SSSR count). The molecule has 0 radical (unpaired) electrons. The molecular weight excluding hydrogens is 398 g/mol. The summed E-state index contributed by atoms with van der Waals surface area (Å²) in [6.45, 7) is 9.41. The molecule has 0 spiro atoms. The molecule has 1 atom stereocenters. The average Bonchev–Trinajstić information content (AvgIpc) is 2.72. The number of carbonyl (C=O) groups excluding carboxylic acids is 3. The Labute approximate surface area is 181 Å². The summed E-state index contributed by atoms with van der Waals surface area (Å²) < 4.78 is 10.3. The molecule has 1 aromatic rings. The van der Waals surface area contributed by atoms with Gasteiger partial charge >= 0.3 is 11.9 Å². The Morgan fingerprint density at radius 1 is 0.933 bits per heavy atom. The molecule has 0 aromatic heterocycles. The normalized spacial score (nSPS) is 13.2. The Kier molecular flexibility index (Phi) is 10.8. The smallest absolute Gasteiger partial charge is 0.343 e. The van der Waals surface area contributed by atoms with Crippen LogP contribution in [0.2, 0.25) is 18.6 Å². The van der Waals surface area contributed by atoms with Crippen molar-refractivity contribution >= 4 is 31.1 Å². The van der Waals surface area contributed by atoms with Crippen molar-refractivity contribution in [2.24, 2.45) is 0 Å². The van der Waals surface area contributed by atoms with Crippen LogP contribution in [0.25, 0.3) is 0 Å². The quantitative estimate of drug-likeness (QED) is 0.291. The Balaban J connectivity index is 3.13. The van der Waals surface area contributed by atoms with E-state index in [1.54, 1.807) is 13.8 Å². The van der Waals surface area contributed by atoms with E-state index in [1.807, 2.05) is 6.07 Å². The summed E-state index contributed by atoms with van der Waals surface area (Å²) >= 11 is 0. The Morgan fingerprint density at radius 3 is 1.93 bits per heavy atom. The maximum atomic E-state index is 12.8. The summed E-state index contributed by atoms with van der Waals surface area (Å²) in [5.74, 6) is -1.98. The van der Waals surface area contributed by atoms with Gasteiger partial charge in [0.2, 0.25) is 11.4 Å². The maximum absolute atomic E-state index is 12.8. The van der Waals surface area contributed by atoms with E-state index in [4.69, 9.17) is 9.47 Å². The van der Waals surface area contributed by atoms with Crippen LogP contribution in [0.3, 0.4) is 0 Å². The molecular formula is C23H37NO5Si. The zero-order chi connectivity index (χ0) is 22.6. The van der Waals surface area contributed by atoms with E-state index >= 15 is 0 Å². The molecule has 0 saturated heterocycles. The van der Waals surface area contributed by atoms with Crippen molar-refractivity contribution in [3.8, 4) is 0 Å². The number of hydrogen-bond donors (Lipinski definition) is 1. The predicted octanol–water partition coefficient (Wildman–Crippen LogP) is 3.55. The first-order valence-corrected chi connectivity index (χ1v) is 13.9. The number of carbonyl (C=O) groups is 3. The van der Waals surface area contributed by atoms with Gasteiger partial charge < -0.3 is 14.8 Å². The molecule has 1 unspecified atom stereocenters. The second-order valence-electron chi connectivity index (χ2n) is 7.91. The van der Waals surface area contributed by atoms with Gasteiger partial charge in [-0.2, -0.15) is 0 Å². The molecule has 1 N–H and O–H groups in total. The van der Waals surface area contributed by atoms with Crippen molar-refractivity contribution in [1.82, 2.24) is 5.32 Å². The third kappa shape index (κ3) is 6.97. The summed E-state index contributed by atoms with van der Waals surface area (Å²) in [7, 11) is -1.81. The van der Waals surface area contributed by atoms with Gasteiger partial charge in [0.15, 0.2) is 0 Å². The van der Waals surface area contributed by atoms with E-state index in [2.05, 4.69) is 43.1 Å². The number of nitrogens with one attached hydrogen (secondary N) is 1. The van der Waals surface area contributed by atoms with E-state index in [1.165, 1.54) is 12.1 Å². The number of hydrogen-bond acceptors (Lipinski definition) is 5. The van der Waals surface area contributed by atoms with Crippen molar-refractivity contribution < 1.29 is 23.9 Å². The van der Waals surface area contributed by atoms with Crippen LogP contribution in [0.5, 0.6) is 0 Å².